The van der Waals surface area contributed by atoms with Crippen LogP contribution in [0.3, 0.4) is 0 Å². The van der Waals surface area contributed by atoms with Gasteiger partial charge >= 0.3 is 0 Å². The van der Waals surface area contributed by atoms with Crippen molar-refractivity contribution in [2.75, 3.05) is 6.54 Å². The Morgan fingerprint density at radius 2 is 1.40 bits per heavy atom. The van der Waals surface area contributed by atoms with Crippen molar-refractivity contribution in [3.05, 3.63) is 71.3 Å². The molecule has 0 aliphatic carbocycles. The second-order valence-electron chi connectivity index (χ2n) is 5.73. The molecular formula is C19H16N2O4. The van der Waals surface area contributed by atoms with E-state index in [2.05, 4.69) is 0 Å². The molecule has 1 aliphatic heterocycles. The molecule has 1 aliphatic rings. The van der Waals surface area contributed by atoms with E-state index in [1.165, 1.54) is 6.92 Å². The van der Waals surface area contributed by atoms with Gasteiger partial charge in [0.15, 0.2) is 0 Å². The van der Waals surface area contributed by atoms with Crippen molar-refractivity contribution in [2.24, 2.45) is 0 Å². The maximum absolute atomic E-state index is 12.5. The summed E-state index contributed by atoms with van der Waals surface area (Å²) >= 11 is 0. The highest BCUT2D eigenvalue weighted by atomic mass is 16.2. The Bertz CT molecular complexity index is 826. The minimum atomic E-state index is -0.592. The Balaban J connectivity index is 1.77. The van der Waals surface area contributed by atoms with Crippen LogP contribution in [0.4, 0.5) is 0 Å². The van der Waals surface area contributed by atoms with E-state index in [0.29, 0.717) is 0 Å². The summed E-state index contributed by atoms with van der Waals surface area (Å²) in [7, 11) is 0. The molecule has 0 fully saturated rings. The molecule has 4 amide bonds. The second kappa shape index (κ2) is 6.68. The van der Waals surface area contributed by atoms with Crippen LogP contribution in [0, 0.1) is 0 Å². The fourth-order valence-corrected chi connectivity index (χ4v) is 2.74. The summed E-state index contributed by atoms with van der Waals surface area (Å²) < 4.78 is 0. The minimum Gasteiger partial charge on any atom is -0.277 e. The number of nitrogens with zero attached hydrogens (tertiary/aromatic N) is 2. The van der Waals surface area contributed by atoms with Crippen molar-refractivity contribution in [2.45, 2.75) is 13.5 Å². The summed E-state index contributed by atoms with van der Waals surface area (Å²) in [6.07, 6.45) is 0. The molecular weight excluding hydrogens is 320 g/mol. The molecule has 6 heteroatoms. The molecule has 1 heterocycles. The van der Waals surface area contributed by atoms with E-state index in [1.54, 1.807) is 36.4 Å². The van der Waals surface area contributed by atoms with E-state index < -0.39 is 30.2 Å². The number of benzene rings is 2. The van der Waals surface area contributed by atoms with Crippen molar-refractivity contribution >= 4 is 23.6 Å². The smallest absolute Gasteiger partial charge is 0.262 e. The van der Waals surface area contributed by atoms with Gasteiger partial charge in [-0.25, -0.2) is 0 Å². The maximum Gasteiger partial charge on any atom is 0.262 e. The van der Waals surface area contributed by atoms with Gasteiger partial charge in [-0.3, -0.25) is 29.0 Å². The largest absolute Gasteiger partial charge is 0.277 e. The van der Waals surface area contributed by atoms with Crippen LogP contribution in [0.1, 0.15) is 33.2 Å². The zero-order valence-electron chi connectivity index (χ0n) is 13.6. The molecule has 2 aromatic carbocycles. The SMILES string of the molecule is CC(=O)N(Cc1ccccc1)C(=O)CN1C(=O)c2ccccc2C1=O. The van der Waals surface area contributed by atoms with E-state index in [0.717, 1.165) is 15.4 Å². The highest BCUT2D eigenvalue weighted by Crippen LogP contribution is 2.22. The van der Waals surface area contributed by atoms with Crippen molar-refractivity contribution in [1.29, 1.82) is 0 Å². The van der Waals surface area contributed by atoms with Gasteiger partial charge in [0, 0.05) is 6.92 Å². The first kappa shape index (κ1) is 16.6. The lowest BCUT2D eigenvalue weighted by molar-refractivity contribution is -0.144. The first-order valence-corrected chi connectivity index (χ1v) is 7.79. The summed E-state index contributed by atoms with van der Waals surface area (Å²) in [5, 5.41) is 0. The fraction of sp³-hybridized carbons (Fsp3) is 0.158. The normalized spacial score (nSPS) is 12.9. The predicted molar refractivity (Wildman–Crippen MR) is 89.5 cm³/mol. The van der Waals surface area contributed by atoms with Gasteiger partial charge in [-0.2, -0.15) is 0 Å². The number of amides is 4. The van der Waals surface area contributed by atoms with Gasteiger partial charge < -0.3 is 0 Å². The molecule has 0 unspecified atom stereocenters. The van der Waals surface area contributed by atoms with Crippen molar-refractivity contribution in [3.63, 3.8) is 0 Å². The lowest BCUT2D eigenvalue weighted by Gasteiger charge is -2.22. The first-order valence-electron chi connectivity index (χ1n) is 7.79. The van der Waals surface area contributed by atoms with Crippen molar-refractivity contribution < 1.29 is 19.2 Å². The van der Waals surface area contributed by atoms with Crippen LogP contribution in [-0.2, 0) is 16.1 Å². The van der Waals surface area contributed by atoms with Gasteiger partial charge in [-0.15, -0.1) is 0 Å². The van der Waals surface area contributed by atoms with Gasteiger partial charge in [-0.1, -0.05) is 42.5 Å². The van der Waals surface area contributed by atoms with Crippen LogP contribution in [-0.4, -0.2) is 40.0 Å². The monoisotopic (exact) mass is 336 g/mol. The third-order valence-corrected chi connectivity index (χ3v) is 4.04. The number of imide groups is 2. The van der Waals surface area contributed by atoms with E-state index in [-0.39, 0.29) is 17.7 Å². The van der Waals surface area contributed by atoms with Crippen molar-refractivity contribution in [1.82, 2.24) is 9.80 Å². The summed E-state index contributed by atoms with van der Waals surface area (Å²) in [4.78, 5) is 51.0. The zero-order chi connectivity index (χ0) is 18.0. The standard InChI is InChI=1S/C19H16N2O4/c1-13(22)20(11-14-7-3-2-4-8-14)17(23)12-21-18(24)15-9-5-6-10-16(15)19(21)25/h2-10H,11-12H2,1H3. The number of hydrogen-bond acceptors (Lipinski definition) is 4. The van der Waals surface area contributed by atoms with E-state index in [4.69, 9.17) is 0 Å². The molecule has 0 saturated heterocycles. The Hall–Kier alpha value is -3.28. The molecule has 126 valence electrons. The molecule has 0 aromatic heterocycles. The van der Waals surface area contributed by atoms with Crippen molar-refractivity contribution in [3.8, 4) is 0 Å². The topological polar surface area (TPSA) is 74.8 Å². The zero-order valence-corrected chi connectivity index (χ0v) is 13.6. The number of fused-ring (bicyclic) bond motifs is 1. The fourth-order valence-electron chi connectivity index (χ4n) is 2.74. The average Bonchev–Trinajstić information content (AvgIpc) is 2.85. The second-order valence-corrected chi connectivity index (χ2v) is 5.73. The highest BCUT2D eigenvalue weighted by molar-refractivity contribution is 6.22. The number of hydrogen-bond donors (Lipinski definition) is 0. The molecule has 6 nitrogen and oxygen atoms in total. The maximum atomic E-state index is 12.5. The van der Waals surface area contributed by atoms with Crippen LogP contribution in [0.2, 0.25) is 0 Å². The number of carbonyl (C=O) groups excluding carboxylic acids is 4. The van der Waals surface area contributed by atoms with Crippen LogP contribution >= 0.6 is 0 Å². The third kappa shape index (κ3) is 3.19. The molecule has 0 bridgehead atoms. The van der Waals surface area contributed by atoms with Crippen LogP contribution in [0.5, 0.6) is 0 Å². The molecule has 0 atom stereocenters. The molecule has 0 radical (unpaired) electrons. The van der Waals surface area contributed by atoms with E-state index >= 15 is 0 Å². The van der Waals surface area contributed by atoms with E-state index in [9.17, 15) is 19.2 Å². The predicted octanol–water partition coefficient (Wildman–Crippen LogP) is 1.86. The number of carbonyl (C=O) groups is 4. The molecule has 0 spiro atoms. The summed E-state index contributed by atoms with van der Waals surface area (Å²) in [5.74, 6) is -2.06. The van der Waals surface area contributed by atoms with Gasteiger partial charge in [0.25, 0.3) is 11.8 Å². The van der Waals surface area contributed by atoms with Gasteiger partial charge in [0.1, 0.15) is 6.54 Å². The molecule has 0 N–H and O–H groups in total. The molecule has 3 rings (SSSR count). The first-order chi connectivity index (χ1) is 12.0. The summed E-state index contributed by atoms with van der Waals surface area (Å²) in [5.41, 5.74) is 1.34. The average molecular weight is 336 g/mol. The van der Waals surface area contributed by atoms with Gasteiger partial charge in [0.05, 0.1) is 17.7 Å². The Labute approximate surface area is 144 Å². The van der Waals surface area contributed by atoms with Gasteiger partial charge in [0.2, 0.25) is 11.8 Å². The molecule has 0 saturated carbocycles. The van der Waals surface area contributed by atoms with Crippen LogP contribution in [0.25, 0.3) is 0 Å². The Morgan fingerprint density at radius 1 is 0.880 bits per heavy atom. The number of rotatable bonds is 4. The minimum absolute atomic E-state index is 0.0954. The lowest BCUT2D eigenvalue weighted by Crippen LogP contribution is -2.44. The van der Waals surface area contributed by atoms with Crippen LogP contribution < -0.4 is 0 Å². The van der Waals surface area contributed by atoms with Gasteiger partial charge in [-0.05, 0) is 17.7 Å². The third-order valence-electron chi connectivity index (χ3n) is 4.04. The Kier molecular flexibility index (Phi) is 4.43. The van der Waals surface area contributed by atoms with E-state index in [1.807, 2.05) is 18.2 Å². The quantitative estimate of drug-likeness (QED) is 0.799. The summed E-state index contributed by atoms with van der Waals surface area (Å²) in [6.45, 7) is 0.917. The Morgan fingerprint density at radius 3 is 1.92 bits per heavy atom. The highest BCUT2D eigenvalue weighted by Gasteiger charge is 2.37. The lowest BCUT2D eigenvalue weighted by atomic mass is 10.1. The summed E-state index contributed by atoms with van der Waals surface area (Å²) in [6, 6.07) is 15.5. The molecule has 2 aromatic rings. The molecule has 25 heavy (non-hydrogen) atoms. The van der Waals surface area contributed by atoms with Crippen LogP contribution in [0.15, 0.2) is 54.6 Å².